The molecule has 0 radical (unpaired) electrons. The normalized spacial score (nSPS) is 15.2. The second-order valence-electron chi connectivity index (χ2n) is 3.64. The number of nitrogens with two attached hydrogens (primary N) is 1. The lowest BCUT2D eigenvalue weighted by molar-refractivity contribution is 0.122. The fourth-order valence-corrected chi connectivity index (χ4v) is 1.57. The highest BCUT2D eigenvalue weighted by atomic mass is 35.5. The Bertz CT molecular complexity index is 314. The van der Waals surface area contributed by atoms with Crippen molar-refractivity contribution < 1.29 is 5.11 Å². The van der Waals surface area contributed by atoms with Gasteiger partial charge < -0.3 is 10.8 Å². The summed E-state index contributed by atoms with van der Waals surface area (Å²) in [4.78, 5) is 0. The molecule has 0 fully saturated rings. The SMILES string of the molecule is Cc1cccc(C(O)C(C)CN)c1Cl. The Balaban J connectivity index is 3.01. The predicted octanol–water partition coefficient (Wildman–Crippen LogP) is 2.28. The van der Waals surface area contributed by atoms with Gasteiger partial charge in [0.2, 0.25) is 0 Å². The molecule has 3 N–H and O–H groups in total. The smallest absolute Gasteiger partial charge is 0.0842 e. The molecule has 0 saturated carbocycles. The summed E-state index contributed by atoms with van der Waals surface area (Å²) in [5.74, 6) is 0.0225. The number of hydrogen-bond donors (Lipinski definition) is 2. The maximum absolute atomic E-state index is 9.93. The van der Waals surface area contributed by atoms with Crippen molar-refractivity contribution in [3.63, 3.8) is 0 Å². The van der Waals surface area contributed by atoms with Gasteiger partial charge in [0, 0.05) is 5.02 Å². The van der Waals surface area contributed by atoms with Gasteiger partial charge in [0.1, 0.15) is 0 Å². The van der Waals surface area contributed by atoms with E-state index in [1.165, 1.54) is 0 Å². The van der Waals surface area contributed by atoms with Crippen molar-refractivity contribution in [3.05, 3.63) is 34.3 Å². The summed E-state index contributed by atoms with van der Waals surface area (Å²) in [5.41, 5.74) is 7.24. The van der Waals surface area contributed by atoms with Gasteiger partial charge in [-0.15, -0.1) is 0 Å². The van der Waals surface area contributed by atoms with Crippen molar-refractivity contribution in [3.8, 4) is 0 Å². The van der Waals surface area contributed by atoms with Gasteiger partial charge >= 0.3 is 0 Å². The van der Waals surface area contributed by atoms with Crippen LogP contribution in [0.2, 0.25) is 5.02 Å². The Morgan fingerprint density at radius 3 is 2.71 bits per heavy atom. The molecular weight excluding hydrogens is 198 g/mol. The summed E-state index contributed by atoms with van der Waals surface area (Å²) in [6, 6.07) is 5.65. The van der Waals surface area contributed by atoms with Crippen molar-refractivity contribution in [1.82, 2.24) is 0 Å². The van der Waals surface area contributed by atoms with Crippen molar-refractivity contribution in [2.45, 2.75) is 20.0 Å². The standard InChI is InChI=1S/C11H16ClNO/c1-7-4-3-5-9(10(7)12)11(14)8(2)6-13/h3-5,8,11,14H,6,13H2,1-2H3. The lowest BCUT2D eigenvalue weighted by Crippen LogP contribution is -2.19. The summed E-state index contributed by atoms with van der Waals surface area (Å²) < 4.78 is 0. The van der Waals surface area contributed by atoms with E-state index in [1.807, 2.05) is 32.0 Å². The molecule has 0 aliphatic heterocycles. The van der Waals surface area contributed by atoms with Crippen molar-refractivity contribution in [2.75, 3.05) is 6.54 Å². The molecule has 0 aliphatic carbocycles. The highest BCUT2D eigenvalue weighted by Gasteiger charge is 2.18. The first-order chi connectivity index (χ1) is 6.57. The molecule has 0 amide bonds. The number of rotatable bonds is 3. The van der Waals surface area contributed by atoms with Crippen LogP contribution in [-0.4, -0.2) is 11.7 Å². The van der Waals surface area contributed by atoms with E-state index in [2.05, 4.69) is 0 Å². The van der Waals surface area contributed by atoms with E-state index in [4.69, 9.17) is 17.3 Å². The van der Waals surface area contributed by atoms with E-state index >= 15 is 0 Å². The highest BCUT2D eigenvalue weighted by molar-refractivity contribution is 6.32. The highest BCUT2D eigenvalue weighted by Crippen LogP contribution is 2.29. The number of halogens is 1. The summed E-state index contributed by atoms with van der Waals surface area (Å²) in [5, 5.41) is 10.6. The number of hydrogen-bond acceptors (Lipinski definition) is 2. The maximum atomic E-state index is 9.93. The molecule has 2 nitrogen and oxygen atoms in total. The third kappa shape index (κ3) is 2.27. The van der Waals surface area contributed by atoms with Crippen LogP contribution in [0.3, 0.4) is 0 Å². The summed E-state index contributed by atoms with van der Waals surface area (Å²) >= 11 is 6.09. The van der Waals surface area contributed by atoms with Gasteiger partial charge in [0.15, 0.2) is 0 Å². The Kier molecular flexibility index (Phi) is 3.93. The molecule has 0 heterocycles. The van der Waals surface area contributed by atoms with Crippen LogP contribution in [0.25, 0.3) is 0 Å². The average Bonchev–Trinajstić information content (AvgIpc) is 2.20. The van der Waals surface area contributed by atoms with Crippen LogP contribution in [0, 0.1) is 12.8 Å². The first kappa shape index (κ1) is 11.5. The van der Waals surface area contributed by atoms with Gasteiger partial charge in [-0.3, -0.25) is 0 Å². The quantitative estimate of drug-likeness (QED) is 0.809. The van der Waals surface area contributed by atoms with Crippen molar-refractivity contribution in [1.29, 1.82) is 0 Å². The van der Waals surface area contributed by atoms with E-state index in [9.17, 15) is 5.11 Å². The number of benzene rings is 1. The lowest BCUT2D eigenvalue weighted by Gasteiger charge is -2.19. The Morgan fingerprint density at radius 1 is 1.50 bits per heavy atom. The van der Waals surface area contributed by atoms with Crippen LogP contribution >= 0.6 is 11.6 Å². The molecule has 0 saturated heterocycles. The second kappa shape index (κ2) is 4.78. The van der Waals surface area contributed by atoms with Gasteiger partial charge in [0.25, 0.3) is 0 Å². The van der Waals surface area contributed by atoms with Crippen LogP contribution in [0.1, 0.15) is 24.2 Å². The molecule has 78 valence electrons. The zero-order valence-electron chi connectivity index (χ0n) is 8.50. The minimum absolute atomic E-state index is 0.0225. The molecule has 0 aromatic heterocycles. The summed E-state index contributed by atoms with van der Waals surface area (Å²) in [7, 11) is 0. The number of aryl methyl sites for hydroxylation is 1. The molecule has 1 aromatic carbocycles. The average molecular weight is 214 g/mol. The van der Waals surface area contributed by atoms with E-state index in [1.54, 1.807) is 0 Å². The molecule has 1 aromatic rings. The Hall–Kier alpha value is -0.570. The minimum Gasteiger partial charge on any atom is -0.388 e. The third-order valence-electron chi connectivity index (χ3n) is 2.45. The van der Waals surface area contributed by atoms with Crippen LogP contribution in [0.15, 0.2) is 18.2 Å². The molecule has 2 atom stereocenters. The molecule has 14 heavy (non-hydrogen) atoms. The van der Waals surface area contributed by atoms with Crippen LogP contribution in [0.4, 0.5) is 0 Å². The van der Waals surface area contributed by atoms with E-state index in [0.29, 0.717) is 11.6 Å². The van der Waals surface area contributed by atoms with Crippen molar-refractivity contribution >= 4 is 11.6 Å². The monoisotopic (exact) mass is 213 g/mol. The Labute approximate surface area is 89.7 Å². The van der Waals surface area contributed by atoms with Gasteiger partial charge in [-0.05, 0) is 30.5 Å². The summed E-state index contributed by atoms with van der Waals surface area (Å²) in [6.07, 6.45) is -0.576. The first-order valence-electron chi connectivity index (χ1n) is 4.71. The van der Waals surface area contributed by atoms with E-state index in [0.717, 1.165) is 11.1 Å². The lowest BCUT2D eigenvalue weighted by atomic mass is 9.96. The molecule has 0 bridgehead atoms. The summed E-state index contributed by atoms with van der Waals surface area (Å²) in [6.45, 7) is 4.28. The van der Waals surface area contributed by atoms with Gasteiger partial charge in [-0.1, -0.05) is 36.7 Å². The Morgan fingerprint density at radius 2 is 2.14 bits per heavy atom. The number of aliphatic hydroxyl groups is 1. The zero-order chi connectivity index (χ0) is 10.7. The maximum Gasteiger partial charge on any atom is 0.0842 e. The topological polar surface area (TPSA) is 46.2 Å². The number of aliphatic hydroxyl groups excluding tert-OH is 1. The van der Waals surface area contributed by atoms with Gasteiger partial charge in [-0.25, -0.2) is 0 Å². The fraction of sp³-hybridized carbons (Fsp3) is 0.455. The van der Waals surface area contributed by atoms with Crippen molar-refractivity contribution in [2.24, 2.45) is 11.7 Å². The largest absolute Gasteiger partial charge is 0.388 e. The van der Waals surface area contributed by atoms with E-state index < -0.39 is 6.10 Å². The van der Waals surface area contributed by atoms with Crippen LogP contribution < -0.4 is 5.73 Å². The fourth-order valence-electron chi connectivity index (χ4n) is 1.33. The molecule has 1 rings (SSSR count). The van der Waals surface area contributed by atoms with E-state index in [-0.39, 0.29) is 5.92 Å². The predicted molar refractivity (Wildman–Crippen MR) is 59.4 cm³/mol. The van der Waals surface area contributed by atoms with Crippen LogP contribution in [-0.2, 0) is 0 Å². The first-order valence-corrected chi connectivity index (χ1v) is 5.09. The second-order valence-corrected chi connectivity index (χ2v) is 4.01. The molecule has 0 aliphatic rings. The zero-order valence-corrected chi connectivity index (χ0v) is 9.25. The molecule has 3 heteroatoms. The van der Waals surface area contributed by atoms with Gasteiger partial charge in [0.05, 0.1) is 6.10 Å². The minimum atomic E-state index is -0.576. The van der Waals surface area contributed by atoms with Crippen LogP contribution in [0.5, 0.6) is 0 Å². The van der Waals surface area contributed by atoms with Gasteiger partial charge in [-0.2, -0.15) is 0 Å². The molecule has 0 spiro atoms. The molecule has 2 unspecified atom stereocenters. The third-order valence-corrected chi connectivity index (χ3v) is 2.97. The molecular formula is C11H16ClNO.